The highest BCUT2D eigenvalue weighted by Gasteiger charge is 2.31. The number of pyridine rings is 1. The van der Waals surface area contributed by atoms with Crippen molar-refractivity contribution in [3.63, 3.8) is 0 Å². The Labute approximate surface area is 131 Å². The van der Waals surface area contributed by atoms with E-state index in [4.69, 9.17) is 4.52 Å². The number of hydrogen-bond donors (Lipinski definition) is 0. The topological polar surface area (TPSA) is 55.1 Å². The molecule has 6 heteroatoms. The van der Waals surface area contributed by atoms with Crippen LogP contribution in [0.2, 0.25) is 0 Å². The number of aromatic nitrogens is 3. The SMILES string of the molecule is Brc1cncc(N2CCC(c3noc(C4CC4)n3)CC2)c1. The molecule has 0 atom stereocenters. The van der Waals surface area contributed by atoms with Crippen LogP contribution in [-0.2, 0) is 0 Å². The van der Waals surface area contributed by atoms with E-state index in [2.05, 4.69) is 42.0 Å². The maximum Gasteiger partial charge on any atom is 0.229 e. The van der Waals surface area contributed by atoms with Gasteiger partial charge in [0.05, 0.1) is 11.9 Å². The molecule has 2 fully saturated rings. The predicted octanol–water partition coefficient (Wildman–Crippen LogP) is 3.49. The first-order valence-corrected chi connectivity index (χ1v) is 8.28. The van der Waals surface area contributed by atoms with Crippen LogP contribution in [0.5, 0.6) is 0 Å². The normalized spacial score (nSPS) is 20.0. The van der Waals surface area contributed by atoms with E-state index in [1.165, 1.54) is 18.5 Å². The molecule has 4 rings (SSSR count). The molecule has 0 unspecified atom stereocenters. The van der Waals surface area contributed by atoms with E-state index in [0.29, 0.717) is 11.8 Å². The zero-order chi connectivity index (χ0) is 14.2. The van der Waals surface area contributed by atoms with Gasteiger partial charge < -0.3 is 9.42 Å². The molecular formula is C15H17BrN4O. The van der Waals surface area contributed by atoms with Gasteiger partial charge in [-0.15, -0.1) is 0 Å². The molecule has 1 saturated carbocycles. The van der Waals surface area contributed by atoms with Gasteiger partial charge in [-0.2, -0.15) is 4.98 Å². The summed E-state index contributed by atoms with van der Waals surface area (Å²) in [6, 6.07) is 2.12. The number of hydrogen-bond acceptors (Lipinski definition) is 5. The molecule has 110 valence electrons. The molecule has 1 saturated heterocycles. The van der Waals surface area contributed by atoms with Crippen LogP contribution >= 0.6 is 15.9 Å². The Kier molecular flexibility index (Phi) is 3.41. The van der Waals surface area contributed by atoms with Gasteiger partial charge in [0.2, 0.25) is 5.89 Å². The number of piperidine rings is 1. The van der Waals surface area contributed by atoms with E-state index in [1.54, 1.807) is 0 Å². The number of anilines is 1. The summed E-state index contributed by atoms with van der Waals surface area (Å²) in [5.74, 6) is 2.73. The molecule has 0 amide bonds. The molecule has 5 nitrogen and oxygen atoms in total. The van der Waals surface area contributed by atoms with Gasteiger partial charge in [-0.05, 0) is 47.7 Å². The second-order valence-corrected chi connectivity index (χ2v) is 6.80. The van der Waals surface area contributed by atoms with Gasteiger partial charge in [0, 0.05) is 35.6 Å². The lowest BCUT2D eigenvalue weighted by Gasteiger charge is -2.32. The molecule has 0 N–H and O–H groups in total. The van der Waals surface area contributed by atoms with E-state index >= 15 is 0 Å². The molecule has 2 aromatic rings. The lowest BCUT2D eigenvalue weighted by atomic mass is 9.96. The van der Waals surface area contributed by atoms with Gasteiger partial charge in [0.15, 0.2) is 5.82 Å². The first kappa shape index (κ1) is 13.2. The number of halogens is 1. The van der Waals surface area contributed by atoms with Crippen LogP contribution in [-0.4, -0.2) is 28.2 Å². The fourth-order valence-electron chi connectivity index (χ4n) is 2.88. The van der Waals surface area contributed by atoms with Gasteiger partial charge in [-0.1, -0.05) is 5.16 Å². The fraction of sp³-hybridized carbons (Fsp3) is 0.533. The monoisotopic (exact) mass is 348 g/mol. The zero-order valence-electron chi connectivity index (χ0n) is 11.7. The zero-order valence-corrected chi connectivity index (χ0v) is 13.3. The second-order valence-electron chi connectivity index (χ2n) is 5.89. The van der Waals surface area contributed by atoms with E-state index < -0.39 is 0 Å². The molecule has 0 spiro atoms. The molecule has 0 bridgehead atoms. The maximum atomic E-state index is 5.38. The molecular weight excluding hydrogens is 332 g/mol. The third-order valence-corrected chi connectivity index (χ3v) is 4.73. The predicted molar refractivity (Wildman–Crippen MR) is 82.4 cm³/mol. The lowest BCUT2D eigenvalue weighted by Crippen LogP contribution is -2.33. The van der Waals surface area contributed by atoms with Crippen molar-refractivity contribution in [2.24, 2.45) is 0 Å². The summed E-state index contributed by atoms with van der Waals surface area (Å²) in [4.78, 5) is 11.2. The molecule has 2 aliphatic rings. The van der Waals surface area contributed by atoms with E-state index in [1.807, 2.05) is 12.4 Å². The van der Waals surface area contributed by atoms with Gasteiger partial charge in [0.1, 0.15) is 0 Å². The molecule has 3 heterocycles. The fourth-order valence-corrected chi connectivity index (χ4v) is 3.23. The van der Waals surface area contributed by atoms with Gasteiger partial charge in [-0.25, -0.2) is 0 Å². The quantitative estimate of drug-likeness (QED) is 0.849. The smallest absolute Gasteiger partial charge is 0.229 e. The summed E-state index contributed by atoms with van der Waals surface area (Å²) in [7, 11) is 0. The van der Waals surface area contributed by atoms with E-state index in [-0.39, 0.29) is 0 Å². The minimum Gasteiger partial charge on any atom is -0.370 e. The Morgan fingerprint density at radius 1 is 1.10 bits per heavy atom. The molecule has 2 aromatic heterocycles. The number of rotatable bonds is 3. The Balaban J connectivity index is 1.41. The van der Waals surface area contributed by atoms with E-state index in [9.17, 15) is 0 Å². The minimum absolute atomic E-state index is 0.428. The molecule has 21 heavy (non-hydrogen) atoms. The van der Waals surface area contributed by atoms with Crippen molar-refractivity contribution in [2.75, 3.05) is 18.0 Å². The van der Waals surface area contributed by atoms with Crippen LogP contribution < -0.4 is 4.90 Å². The van der Waals surface area contributed by atoms with Crippen LogP contribution in [0.3, 0.4) is 0 Å². The third kappa shape index (κ3) is 2.81. The molecule has 0 aromatic carbocycles. The van der Waals surface area contributed by atoms with Gasteiger partial charge in [0.25, 0.3) is 0 Å². The van der Waals surface area contributed by atoms with Crippen LogP contribution in [0.4, 0.5) is 5.69 Å². The Bertz CT molecular complexity index is 632. The molecule has 0 radical (unpaired) electrons. The highest BCUT2D eigenvalue weighted by atomic mass is 79.9. The van der Waals surface area contributed by atoms with Crippen LogP contribution in [0.15, 0.2) is 27.5 Å². The van der Waals surface area contributed by atoms with Crippen LogP contribution in [0, 0.1) is 0 Å². The lowest BCUT2D eigenvalue weighted by molar-refractivity contribution is 0.365. The van der Waals surface area contributed by atoms with Crippen molar-refractivity contribution in [2.45, 2.75) is 37.5 Å². The standard InChI is InChI=1S/C15H17BrN4O/c16-12-7-13(9-17-8-12)20-5-3-10(4-6-20)14-18-15(21-19-14)11-1-2-11/h7-11H,1-6H2. The largest absolute Gasteiger partial charge is 0.370 e. The highest BCUT2D eigenvalue weighted by molar-refractivity contribution is 9.10. The van der Waals surface area contributed by atoms with Crippen LogP contribution in [0.25, 0.3) is 0 Å². The summed E-state index contributed by atoms with van der Waals surface area (Å²) >= 11 is 3.48. The van der Waals surface area contributed by atoms with Crippen molar-refractivity contribution in [3.05, 3.63) is 34.6 Å². The average Bonchev–Trinajstić information content (AvgIpc) is 3.25. The van der Waals surface area contributed by atoms with Crippen LogP contribution in [0.1, 0.15) is 49.2 Å². The van der Waals surface area contributed by atoms with Crippen molar-refractivity contribution in [1.82, 2.24) is 15.1 Å². The summed E-state index contributed by atoms with van der Waals surface area (Å²) in [5.41, 5.74) is 1.18. The Morgan fingerprint density at radius 3 is 2.62 bits per heavy atom. The maximum absolute atomic E-state index is 5.38. The van der Waals surface area contributed by atoms with E-state index in [0.717, 1.165) is 42.1 Å². The summed E-state index contributed by atoms with van der Waals surface area (Å²) in [5, 5.41) is 4.19. The second kappa shape index (κ2) is 5.40. The van der Waals surface area contributed by atoms with Gasteiger partial charge in [-0.3, -0.25) is 4.98 Å². The third-order valence-electron chi connectivity index (χ3n) is 4.30. The first-order chi connectivity index (χ1) is 10.3. The van der Waals surface area contributed by atoms with Crippen molar-refractivity contribution < 1.29 is 4.52 Å². The Morgan fingerprint density at radius 2 is 1.90 bits per heavy atom. The summed E-state index contributed by atoms with van der Waals surface area (Å²) in [6.45, 7) is 2.02. The molecule has 1 aliphatic heterocycles. The summed E-state index contributed by atoms with van der Waals surface area (Å²) in [6.07, 6.45) is 8.28. The van der Waals surface area contributed by atoms with Crippen molar-refractivity contribution in [1.29, 1.82) is 0 Å². The summed E-state index contributed by atoms with van der Waals surface area (Å²) < 4.78 is 6.40. The minimum atomic E-state index is 0.428. The van der Waals surface area contributed by atoms with Gasteiger partial charge >= 0.3 is 0 Å². The first-order valence-electron chi connectivity index (χ1n) is 7.48. The average molecular weight is 349 g/mol. The highest BCUT2D eigenvalue weighted by Crippen LogP contribution is 2.40. The van der Waals surface area contributed by atoms with Crippen molar-refractivity contribution in [3.8, 4) is 0 Å². The van der Waals surface area contributed by atoms with Crippen molar-refractivity contribution >= 4 is 21.6 Å². The Hall–Kier alpha value is -1.43. The number of nitrogens with zero attached hydrogens (tertiary/aromatic N) is 4. The molecule has 1 aliphatic carbocycles.